The van der Waals surface area contributed by atoms with Crippen LogP contribution in [0.25, 0.3) is 0 Å². The summed E-state index contributed by atoms with van der Waals surface area (Å²) in [5.74, 6) is -1.50. The normalized spacial score (nSPS) is 22.3. The molecule has 0 aromatic rings. The molecule has 1 rings (SSSR count). The summed E-state index contributed by atoms with van der Waals surface area (Å²) < 4.78 is 13.7. The third kappa shape index (κ3) is 6.57. The molecule has 7 nitrogen and oxygen atoms in total. The quantitative estimate of drug-likeness (QED) is 0.204. The van der Waals surface area contributed by atoms with E-state index >= 15 is 0 Å². The molecule has 190 valence electrons. The van der Waals surface area contributed by atoms with Crippen LogP contribution in [0.5, 0.6) is 0 Å². The first kappa shape index (κ1) is 30.5. The highest BCUT2D eigenvalue weighted by Gasteiger charge is 2.61. The topological polar surface area (TPSA) is 84.9 Å². The van der Waals surface area contributed by atoms with E-state index in [1.54, 1.807) is 7.98 Å². The highest BCUT2D eigenvalue weighted by Crippen LogP contribution is 2.49. The molecule has 1 aliphatic rings. The van der Waals surface area contributed by atoms with E-state index in [0.717, 1.165) is 0 Å². The van der Waals surface area contributed by atoms with Gasteiger partial charge < -0.3 is 18.5 Å². The van der Waals surface area contributed by atoms with E-state index in [1.165, 1.54) is 0 Å². The van der Waals surface area contributed by atoms with Gasteiger partial charge in [0.25, 0.3) is 0 Å². The largest absolute Gasteiger partial charge is 0.432 e. The van der Waals surface area contributed by atoms with Gasteiger partial charge in [-0.1, -0.05) is 61.6 Å². The minimum atomic E-state index is -2.24. The van der Waals surface area contributed by atoms with Crippen LogP contribution in [0, 0.1) is 11.8 Å². The molecular formula is C22H46BN2O5PSi2. The SMILES string of the molecule is BNPOC(=O)CC(=O)C(C)C1C(C(C)O[Si](C)(C)C(C)(C)C)C(=O)N1[Si](C)(C)C(C)(C)C. The fourth-order valence-electron chi connectivity index (χ4n) is 3.91. The van der Waals surface area contributed by atoms with E-state index in [4.69, 9.17) is 8.95 Å². The zero-order valence-electron chi connectivity index (χ0n) is 23.0. The van der Waals surface area contributed by atoms with Crippen molar-refractivity contribution in [1.29, 1.82) is 0 Å². The van der Waals surface area contributed by atoms with Gasteiger partial charge in [-0.15, -0.1) is 0 Å². The minimum Gasteiger partial charge on any atom is -0.432 e. The standard InChI is InChI=1S/C22H46BN2O5PSi2/c1-14(16(26)13-17(27)29-31-24-23)19-18(15(2)30-33(11,12)22(6,7)8)20(28)25(19)32(9,10)21(3,4)5/h14-15,18-19,24,31H,13,23H2,1-12H3. The molecule has 0 bridgehead atoms. The maximum absolute atomic E-state index is 13.6. The van der Waals surface area contributed by atoms with E-state index in [2.05, 4.69) is 72.7 Å². The van der Waals surface area contributed by atoms with Crippen LogP contribution in [-0.2, 0) is 23.3 Å². The lowest BCUT2D eigenvalue weighted by atomic mass is 9.76. The molecule has 5 unspecified atom stereocenters. The molecule has 1 N–H and O–H groups in total. The van der Waals surface area contributed by atoms with Crippen LogP contribution in [0.4, 0.5) is 0 Å². The maximum Gasteiger partial charge on any atom is 0.316 e. The van der Waals surface area contributed by atoms with E-state index in [0.29, 0.717) is 0 Å². The summed E-state index contributed by atoms with van der Waals surface area (Å²) >= 11 is 0. The second-order valence-corrected chi connectivity index (χ2v) is 23.1. The number of nitrogens with one attached hydrogen (secondary N) is 1. The Balaban J connectivity index is 3.27. The van der Waals surface area contributed by atoms with Crippen molar-refractivity contribution in [3.05, 3.63) is 0 Å². The monoisotopic (exact) mass is 516 g/mol. The zero-order valence-corrected chi connectivity index (χ0v) is 26.0. The Kier molecular flexibility index (Phi) is 9.80. The third-order valence-electron chi connectivity index (χ3n) is 8.02. The molecule has 0 aliphatic carbocycles. The first-order valence-electron chi connectivity index (χ1n) is 11.9. The van der Waals surface area contributed by atoms with Gasteiger partial charge in [-0.2, -0.15) is 0 Å². The number of β-lactam (4-membered cyclic amide) rings is 1. The van der Waals surface area contributed by atoms with Crippen molar-refractivity contribution in [2.24, 2.45) is 11.8 Å². The molecule has 0 saturated carbocycles. The van der Waals surface area contributed by atoms with Crippen LogP contribution in [0.3, 0.4) is 0 Å². The Bertz CT molecular complexity index is 752. The van der Waals surface area contributed by atoms with Crippen molar-refractivity contribution < 1.29 is 23.3 Å². The smallest absolute Gasteiger partial charge is 0.316 e. The first-order chi connectivity index (χ1) is 14.7. The number of carbonyl (C=O) groups excluding carboxylic acids is 3. The minimum absolute atomic E-state index is 0.0158. The lowest BCUT2D eigenvalue weighted by molar-refractivity contribution is -0.159. The molecule has 1 fully saturated rings. The average Bonchev–Trinajstić information content (AvgIpc) is 2.60. The summed E-state index contributed by atoms with van der Waals surface area (Å²) in [4.78, 5) is 41.6. The van der Waals surface area contributed by atoms with Crippen LogP contribution >= 0.6 is 8.96 Å². The zero-order chi connectivity index (χ0) is 26.2. The lowest BCUT2D eigenvalue weighted by Crippen LogP contribution is -2.77. The first-order valence-corrected chi connectivity index (χ1v) is 18.6. The lowest BCUT2D eigenvalue weighted by Gasteiger charge is -2.61. The van der Waals surface area contributed by atoms with Crippen molar-refractivity contribution in [2.75, 3.05) is 0 Å². The number of nitrogens with zero attached hydrogens (tertiary/aromatic N) is 1. The van der Waals surface area contributed by atoms with Crippen LogP contribution in [0.2, 0.25) is 36.3 Å². The van der Waals surface area contributed by atoms with Crippen molar-refractivity contribution in [3.8, 4) is 0 Å². The molecule has 0 spiro atoms. The van der Waals surface area contributed by atoms with Gasteiger partial charge in [-0.3, -0.25) is 14.4 Å². The number of Topliss-reactive ketones (excluding diaryl/α,β-unsaturated/α-hetero) is 1. The number of ketones is 1. The van der Waals surface area contributed by atoms with E-state index in [9.17, 15) is 14.4 Å². The van der Waals surface area contributed by atoms with Crippen molar-refractivity contribution in [2.45, 2.75) is 110 Å². The van der Waals surface area contributed by atoms with Crippen LogP contribution in [0.1, 0.15) is 61.8 Å². The Morgan fingerprint density at radius 3 is 2.03 bits per heavy atom. The summed E-state index contributed by atoms with van der Waals surface area (Å²) in [5, 5.41) is -0.0486. The van der Waals surface area contributed by atoms with E-state index in [1.807, 2.05) is 18.4 Å². The molecule has 0 radical (unpaired) electrons. The predicted molar refractivity (Wildman–Crippen MR) is 144 cm³/mol. The van der Waals surface area contributed by atoms with E-state index < -0.39 is 28.4 Å². The van der Waals surface area contributed by atoms with Gasteiger partial charge in [0.15, 0.2) is 24.5 Å². The fraction of sp³-hybridized carbons (Fsp3) is 0.864. The second kappa shape index (κ2) is 10.6. The maximum atomic E-state index is 13.6. The molecular weight excluding hydrogens is 470 g/mol. The predicted octanol–water partition coefficient (Wildman–Crippen LogP) is 4.01. The van der Waals surface area contributed by atoms with E-state index in [-0.39, 0.29) is 55.2 Å². The molecule has 5 atom stereocenters. The van der Waals surface area contributed by atoms with Gasteiger partial charge in [0.2, 0.25) is 5.91 Å². The van der Waals surface area contributed by atoms with Gasteiger partial charge in [0, 0.05) is 12.0 Å². The van der Waals surface area contributed by atoms with Crippen LogP contribution in [-0.4, -0.2) is 58.9 Å². The number of rotatable bonds is 10. The molecule has 1 aliphatic heterocycles. The van der Waals surface area contributed by atoms with Gasteiger partial charge in [0.05, 0.1) is 12.0 Å². The highest BCUT2D eigenvalue weighted by molar-refractivity contribution is 7.32. The van der Waals surface area contributed by atoms with Gasteiger partial charge in [0.1, 0.15) is 21.2 Å². The number of hydrogen-bond donors (Lipinski definition) is 1. The molecule has 0 aromatic carbocycles. The second-order valence-electron chi connectivity index (χ2n) is 12.4. The Morgan fingerprint density at radius 2 is 1.61 bits per heavy atom. The summed E-state index contributed by atoms with van der Waals surface area (Å²) in [6, 6.07) is -0.273. The van der Waals surface area contributed by atoms with Crippen LogP contribution < -0.4 is 5.00 Å². The molecule has 1 heterocycles. The number of carbonyl (C=O) groups is 3. The Morgan fingerprint density at radius 1 is 1.09 bits per heavy atom. The molecule has 1 saturated heterocycles. The fourth-order valence-corrected chi connectivity index (χ4v) is 8.18. The van der Waals surface area contributed by atoms with Crippen molar-refractivity contribution in [3.63, 3.8) is 0 Å². The van der Waals surface area contributed by atoms with Crippen molar-refractivity contribution >= 4 is 51.2 Å². The Labute approximate surface area is 206 Å². The number of amides is 1. The van der Waals surface area contributed by atoms with Crippen LogP contribution in [0.15, 0.2) is 0 Å². The summed E-state index contributed by atoms with van der Waals surface area (Å²) in [5.41, 5.74) is 0. The molecule has 1 amide bonds. The van der Waals surface area contributed by atoms with Gasteiger partial charge in [-0.05, 0) is 30.1 Å². The van der Waals surface area contributed by atoms with Crippen molar-refractivity contribution in [1.82, 2.24) is 9.56 Å². The molecule has 11 heteroatoms. The summed E-state index contributed by atoms with van der Waals surface area (Å²) in [6.07, 6.45) is -0.576. The highest BCUT2D eigenvalue weighted by atomic mass is 31.1. The van der Waals surface area contributed by atoms with Gasteiger partial charge >= 0.3 is 5.97 Å². The Hall–Kier alpha value is -0.541. The third-order valence-corrected chi connectivity index (χ3v) is 18.5. The number of hydrogen-bond acceptors (Lipinski definition) is 6. The average molecular weight is 517 g/mol. The molecule has 33 heavy (non-hydrogen) atoms. The summed E-state index contributed by atoms with van der Waals surface area (Å²) in [7, 11) is -2.83. The van der Waals surface area contributed by atoms with Gasteiger partial charge in [-0.25, -0.2) is 0 Å². The summed E-state index contributed by atoms with van der Waals surface area (Å²) in [6.45, 7) is 25.6. The molecule has 0 aromatic heterocycles.